The molecule has 18 heavy (non-hydrogen) atoms. The molecule has 0 atom stereocenters. The zero-order valence-corrected chi connectivity index (χ0v) is 9.82. The number of phenols is 1. The molecule has 0 amide bonds. The molecule has 5 N–H and O–H groups in total. The van der Waals surface area contributed by atoms with Crippen LogP contribution in [-0.4, -0.2) is 5.11 Å². The zero-order valence-electron chi connectivity index (χ0n) is 9.82. The first-order valence-electron chi connectivity index (χ1n) is 5.52. The van der Waals surface area contributed by atoms with Gasteiger partial charge in [0.05, 0.1) is 11.4 Å². The Morgan fingerprint density at radius 2 is 1.61 bits per heavy atom. The molecule has 0 spiro atoms. The molecule has 0 heterocycles. The van der Waals surface area contributed by atoms with Crippen LogP contribution in [0, 0.1) is 0 Å². The van der Waals surface area contributed by atoms with E-state index in [1.807, 2.05) is 30.3 Å². The van der Waals surface area contributed by atoms with E-state index in [9.17, 15) is 5.11 Å². The highest BCUT2D eigenvalue weighted by Crippen LogP contribution is 2.16. The van der Waals surface area contributed by atoms with Crippen molar-refractivity contribution in [3.05, 3.63) is 66.4 Å². The lowest BCUT2D eigenvalue weighted by molar-refractivity contribution is 0.475. The highest BCUT2D eigenvalue weighted by atomic mass is 16.3. The Labute approximate surface area is 106 Å². The van der Waals surface area contributed by atoms with Crippen molar-refractivity contribution in [2.45, 2.75) is 0 Å². The quantitative estimate of drug-likeness (QED) is 0.567. The van der Waals surface area contributed by atoms with Crippen molar-refractivity contribution in [2.75, 3.05) is 5.01 Å². The molecule has 0 aliphatic carbocycles. The Morgan fingerprint density at radius 3 is 2.22 bits per heavy atom. The lowest BCUT2D eigenvalue weighted by atomic mass is 10.1. The molecule has 0 fully saturated rings. The van der Waals surface area contributed by atoms with Crippen molar-refractivity contribution in [1.82, 2.24) is 0 Å². The van der Waals surface area contributed by atoms with Crippen LogP contribution < -0.4 is 16.6 Å². The van der Waals surface area contributed by atoms with Gasteiger partial charge in [0.1, 0.15) is 5.75 Å². The second kappa shape index (κ2) is 5.25. The lowest BCUT2D eigenvalue weighted by Crippen LogP contribution is -2.25. The highest BCUT2D eigenvalue weighted by molar-refractivity contribution is 5.66. The average Bonchev–Trinajstić information content (AvgIpc) is 2.40. The summed E-state index contributed by atoms with van der Waals surface area (Å²) >= 11 is 0. The maximum absolute atomic E-state index is 9.20. The van der Waals surface area contributed by atoms with Crippen molar-refractivity contribution in [3.63, 3.8) is 0 Å². The van der Waals surface area contributed by atoms with Crippen LogP contribution in [-0.2, 0) is 0 Å². The number of aromatic hydroxyl groups is 1. The third kappa shape index (κ3) is 2.81. The van der Waals surface area contributed by atoms with E-state index in [0.717, 1.165) is 11.3 Å². The fraction of sp³-hybridized carbons (Fsp3) is 0. The number of nitrogens with zero attached hydrogens (tertiary/aromatic N) is 1. The first-order valence-corrected chi connectivity index (χ1v) is 5.52. The second-order valence-corrected chi connectivity index (χ2v) is 3.87. The van der Waals surface area contributed by atoms with Gasteiger partial charge < -0.3 is 10.8 Å². The summed E-state index contributed by atoms with van der Waals surface area (Å²) in [4.78, 5) is 0. The van der Waals surface area contributed by atoms with Gasteiger partial charge in [-0.3, -0.25) is 5.01 Å². The minimum Gasteiger partial charge on any atom is -0.508 e. The summed E-state index contributed by atoms with van der Waals surface area (Å²) in [5.41, 5.74) is 8.12. The molecule has 0 saturated carbocycles. The SMILES string of the molecule is N/C(=C\N(N)c1ccccc1)c1ccc(O)cc1. The predicted molar refractivity (Wildman–Crippen MR) is 73.4 cm³/mol. The molecular weight excluding hydrogens is 226 g/mol. The second-order valence-electron chi connectivity index (χ2n) is 3.87. The number of hydrogen-bond acceptors (Lipinski definition) is 4. The van der Waals surface area contributed by atoms with Gasteiger partial charge in [-0.15, -0.1) is 0 Å². The number of phenolic OH excluding ortho intramolecular Hbond substituents is 1. The topological polar surface area (TPSA) is 75.5 Å². The molecule has 0 aromatic heterocycles. The van der Waals surface area contributed by atoms with Gasteiger partial charge in [-0.1, -0.05) is 18.2 Å². The van der Waals surface area contributed by atoms with Crippen molar-refractivity contribution < 1.29 is 5.11 Å². The number of benzene rings is 2. The normalized spacial score (nSPS) is 11.3. The van der Waals surface area contributed by atoms with Crippen molar-refractivity contribution >= 4 is 11.4 Å². The Kier molecular flexibility index (Phi) is 3.50. The van der Waals surface area contributed by atoms with Crippen LogP contribution in [0.5, 0.6) is 5.75 Å². The van der Waals surface area contributed by atoms with E-state index in [1.54, 1.807) is 30.5 Å². The molecule has 2 rings (SSSR count). The molecule has 0 aliphatic rings. The van der Waals surface area contributed by atoms with Crippen molar-refractivity contribution in [2.24, 2.45) is 11.6 Å². The van der Waals surface area contributed by atoms with Crippen LogP contribution in [0.4, 0.5) is 5.69 Å². The van der Waals surface area contributed by atoms with E-state index in [4.69, 9.17) is 11.6 Å². The summed E-state index contributed by atoms with van der Waals surface area (Å²) in [5, 5.41) is 10.7. The van der Waals surface area contributed by atoms with Gasteiger partial charge >= 0.3 is 0 Å². The minimum absolute atomic E-state index is 0.208. The molecule has 0 aliphatic heterocycles. The first kappa shape index (κ1) is 12.0. The van der Waals surface area contributed by atoms with E-state index < -0.39 is 0 Å². The Morgan fingerprint density at radius 1 is 1.00 bits per heavy atom. The Bertz CT molecular complexity index is 535. The molecule has 92 valence electrons. The Hall–Kier alpha value is -2.46. The minimum atomic E-state index is 0.208. The number of anilines is 1. The van der Waals surface area contributed by atoms with Gasteiger partial charge in [0, 0.05) is 6.20 Å². The molecule has 0 saturated heterocycles. The largest absolute Gasteiger partial charge is 0.508 e. The van der Waals surface area contributed by atoms with E-state index >= 15 is 0 Å². The van der Waals surface area contributed by atoms with Crippen molar-refractivity contribution in [3.8, 4) is 5.75 Å². The van der Waals surface area contributed by atoms with Gasteiger partial charge in [-0.05, 0) is 42.0 Å². The monoisotopic (exact) mass is 241 g/mol. The average molecular weight is 241 g/mol. The summed E-state index contributed by atoms with van der Waals surface area (Å²) in [6.07, 6.45) is 1.64. The fourth-order valence-corrected chi connectivity index (χ4v) is 1.55. The van der Waals surface area contributed by atoms with Gasteiger partial charge in [0.25, 0.3) is 0 Å². The third-order valence-electron chi connectivity index (χ3n) is 2.53. The molecule has 4 nitrogen and oxygen atoms in total. The van der Waals surface area contributed by atoms with E-state index in [2.05, 4.69) is 0 Å². The van der Waals surface area contributed by atoms with Gasteiger partial charge in [-0.2, -0.15) is 0 Å². The molecule has 0 radical (unpaired) electrons. The number of hydrazine groups is 1. The fourth-order valence-electron chi connectivity index (χ4n) is 1.55. The maximum atomic E-state index is 9.20. The molecule has 2 aromatic carbocycles. The predicted octanol–water partition coefficient (Wildman–Crippen LogP) is 2.03. The number of rotatable bonds is 3. The van der Waals surface area contributed by atoms with Gasteiger partial charge in [-0.25, -0.2) is 5.84 Å². The molecule has 0 bridgehead atoms. The van der Waals surface area contributed by atoms with Crippen LogP contribution in [0.2, 0.25) is 0 Å². The zero-order chi connectivity index (χ0) is 13.0. The molecule has 4 heteroatoms. The Balaban J connectivity index is 2.20. The van der Waals surface area contributed by atoms with Crippen molar-refractivity contribution in [1.29, 1.82) is 0 Å². The summed E-state index contributed by atoms with van der Waals surface area (Å²) in [6, 6.07) is 16.1. The number of para-hydroxylation sites is 1. The lowest BCUT2D eigenvalue weighted by Gasteiger charge is -2.15. The van der Waals surface area contributed by atoms with Crippen LogP contribution in [0.1, 0.15) is 5.56 Å². The summed E-state index contributed by atoms with van der Waals surface area (Å²) in [6.45, 7) is 0. The first-order chi connectivity index (χ1) is 8.66. The summed E-state index contributed by atoms with van der Waals surface area (Å²) in [5.74, 6) is 6.10. The summed E-state index contributed by atoms with van der Waals surface area (Å²) in [7, 11) is 0. The summed E-state index contributed by atoms with van der Waals surface area (Å²) < 4.78 is 0. The van der Waals surface area contributed by atoms with Gasteiger partial charge in [0.15, 0.2) is 0 Å². The van der Waals surface area contributed by atoms with Gasteiger partial charge in [0.2, 0.25) is 0 Å². The smallest absolute Gasteiger partial charge is 0.115 e. The standard InChI is InChI=1S/C14H15N3O/c15-14(11-6-8-13(18)9-7-11)10-17(16)12-4-2-1-3-5-12/h1-10,18H,15-16H2/b14-10-. The van der Waals surface area contributed by atoms with Crippen LogP contribution >= 0.6 is 0 Å². The van der Waals surface area contributed by atoms with Crippen LogP contribution in [0.25, 0.3) is 5.70 Å². The van der Waals surface area contributed by atoms with E-state index in [-0.39, 0.29) is 5.75 Å². The number of nitrogens with two attached hydrogens (primary N) is 2. The van der Waals surface area contributed by atoms with E-state index in [1.165, 1.54) is 5.01 Å². The molecule has 2 aromatic rings. The number of hydrogen-bond donors (Lipinski definition) is 3. The molecular formula is C14H15N3O. The third-order valence-corrected chi connectivity index (χ3v) is 2.53. The van der Waals surface area contributed by atoms with Crippen LogP contribution in [0.3, 0.4) is 0 Å². The maximum Gasteiger partial charge on any atom is 0.115 e. The highest BCUT2D eigenvalue weighted by Gasteiger charge is 2.01. The van der Waals surface area contributed by atoms with E-state index in [0.29, 0.717) is 5.70 Å². The molecule has 0 unspecified atom stereocenters. The van der Waals surface area contributed by atoms with Crippen LogP contribution in [0.15, 0.2) is 60.8 Å².